The summed E-state index contributed by atoms with van der Waals surface area (Å²) >= 11 is 0. The zero-order valence-corrected chi connectivity index (χ0v) is 15.3. The zero-order valence-electron chi connectivity index (χ0n) is 15.3. The zero-order chi connectivity index (χ0) is 17.8. The molecule has 1 aromatic rings. The highest BCUT2D eigenvalue weighted by atomic mass is 16.2. The lowest BCUT2D eigenvalue weighted by Gasteiger charge is -2.38. The molecule has 1 N–H and O–H groups in total. The predicted octanol–water partition coefficient (Wildman–Crippen LogP) is 2.28. The summed E-state index contributed by atoms with van der Waals surface area (Å²) in [6.45, 7) is 4.15. The number of likely N-dealkylation sites (tertiary alicyclic amines) is 1. The first-order chi connectivity index (χ1) is 12.1. The molecule has 25 heavy (non-hydrogen) atoms. The van der Waals surface area contributed by atoms with Crippen LogP contribution in [-0.2, 0) is 9.59 Å². The predicted molar refractivity (Wildman–Crippen MR) is 99.3 cm³/mol. The molecule has 1 aromatic carbocycles. The standard InChI is InChI=1S/C20H29N3O2/c1-15-14-18(15)20(25)21-11-8-19(24)23-12-9-17(10-13-23)22(2)16-6-4-3-5-7-16/h3-7,15,17-18H,8-14H2,1-2H3,(H,21,25)/t15-,18-/m1/s1. The molecule has 2 fully saturated rings. The highest BCUT2D eigenvalue weighted by Crippen LogP contribution is 2.37. The van der Waals surface area contributed by atoms with Crippen LogP contribution in [0.4, 0.5) is 5.69 Å². The smallest absolute Gasteiger partial charge is 0.224 e. The SMILES string of the molecule is C[C@@H]1C[C@H]1C(=O)NCCC(=O)N1CCC(N(C)c2ccccc2)CC1. The number of para-hydroxylation sites is 1. The van der Waals surface area contributed by atoms with Crippen molar-refractivity contribution in [3.63, 3.8) is 0 Å². The number of carbonyl (C=O) groups excluding carboxylic acids is 2. The van der Waals surface area contributed by atoms with Crippen LogP contribution < -0.4 is 10.2 Å². The highest BCUT2D eigenvalue weighted by molar-refractivity contribution is 5.82. The van der Waals surface area contributed by atoms with Gasteiger partial charge < -0.3 is 15.1 Å². The molecule has 136 valence electrons. The first kappa shape index (κ1) is 17.8. The van der Waals surface area contributed by atoms with Crippen molar-refractivity contribution in [3.05, 3.63) is 30.3 Å². The van der Waals surface area contributed by atoms with Crippen LogP contribution in [0.3, 0.4) is 0 Å². The Morgan fingerprint density at radius 1 is 1.20 bits per heavy atom. The van der Waals surface area contributed by atoms with Crippen LogP contribution in [0.5, 0.6) is 0 Å². The van der Waals surface area contributed by atoms with E-state index in [1.807, 2.05) is 11.0 Å². The van der Waals surface area contributed by atoms with Crippen LogP contribution in [0.2, 0.25) is 0 Å². The van der Waals surface area contributed by atoms with Crippen molar-refractivity contribution in [2.75, 3.05) is 31.6 Å². The van der Waals surface area contributed by atoms with Crippen molar-refractivity contribution in [3.8, 4) is 0 Å². The molecular formula is C20H29N3O2. The van der Waals surface area contributed by atoms with Gasteiger partial charge in [-0.15, -0.1) is 0 Å². The minimum absolute atomic E-state index is 0.114. The molecule has 5 nitrogen and oxygen atoms in total. The van der Waals surface area contributed by atoms with E-state index in [4.69, 9.17) is 0 Å². The summed E-state index contributed by atoms with van der Waals surface area (Å²) in [5.74, 6) is 0.962. The van der Waals surface area contributed by atoms with Crippen LogP contribution in [-0.4, -0.2) is 49.4 Å². The van der Waals surface area contributed by atoms with Gasteiger partial charge in [0, 0.05) is 50.7 Å². The van der Waals surface area contributed by atoms with Gasteiger partial charge in [0.15, 0.2) is 0 Å². The number of carbonyl (C=O) groups is 2. The van der Waals surface area contributed by atoms with E-state index in [1.54, 1.807) is 0 Å². The molecular weight excluding hydrogens is 314 g/mol. The molecule has 2 aliphatic rings. The second kappa shape index (κ2) is 7.89. The van der Waals surface area contributed by atoms with Gasteiger partial charge in [0.2, 0.25) is 11.8 Å². The Bertz CT molecular complexity index is 596. The van der Waals surface area contributed by atoms with Crippen molar-refractivity contribution in [1.82, 2.24) is 10.2 Å². The summed E-state index contributed by atoms with van der Waals surface area (Å²) in [4.78, 5) is 28.4. The fraction of sp³-hybridized carbons (Fsp3) is 0.600. The molecule has 3 rings (SSSR count). The van der Waals surface area contributed by atoms with E-state index in [-0.39, 0.29) is 17.7 Å². The van der Waals surface area contributed by atoms with Crippen LogP contribution in [0, 0.1) is 11.8 Å². The van der Waals surface area contributed by atoms with Gasteiger partial charge in [0.1, 0.15) is 0 Å². The molecule has 1 aliphatic heterocycles. The van der Waals surface area contributed by atoms with E-state index in [0.29, 0.717) is 24.9 Å². The average Bonchev–Trinajstić information content (AvgIpc) is 3.38. The van der Waals surface area contributed by atoms with Crippen LogP contribution in [0.1, 0.15) is 32.6 Å². The van der Waals surface area contributed by atoms with Gasteiger partial charge in [-0.2, -0.15) is 0 Å². The van der Waals surface area contributed by atoms with Crippen molar-refractivity contribution in [2.45, 2.75) is 38.6 Å². The Kier molecular flexibility index (Phi) is 5.61. The number of amides is 2. The summed E-state index contributed by atoms with van der Waals surface area (Å²) in [7, 11) is 2.13. The summed E-state index contributed by atoms with van der Waals surface area (Å²) in [5, 5.41) is 2.90. The Morgan fingerprint density at radius 2 is 1.84 bits per heavy atom. The van der Waals surface area contributed by atoms with Gasteiger partial charge in [0.25, 0.3) is 0 Å². The third kappa shape index (κ3) is 4.53. The molecule has 1 aliphatic carbocycles. The lowest BCUT2D eigenvalue weighted by Crippen LogP contribution is -2.46. The average molecular weight is 343 g/mol. The second-order valence-corrected chi connectivity index (χ2v) is 7.42. The van der Waals surface area contributed by atoms with Crippen molar-refractivity contribution < 1.29 is 9.59 Å². The van der Waals surface area contributed by atoms with E-state index in [2.05, 4.69) is 48.5 Å². The number of piperidine rings is 1. The maximum absolute atomic E-state index is 12.3. The summed E-state index contributed by atoms with van der Waals surface area (Å²) in [5.41, 5.74) is 1.23. The molecule has 2 atom stereocenters. The molecule has 2 amide bonds. The van der Waals surface area contributed by atoms with E-state index in [1.165, 1.54) is 5.69 Å². The Balaban J connectivity index is 1.38. The fourth-order valence-electron chi connectivity index (χ4n) is 3.65. The molecule has 1 heterocycles. The number of nitrogens with one attached hydrogen (secondary N) is 1. The maximum atomic E-state index is 12.3. The van der Waals surface area contributed by atoms with Crippen LogP contribution in [0.25, 0.3) is 0 Å². The van der Waals surface area contributed by atoms with E-state index < -0.39 is 0 Å². The van der Waals surface area contributed by atoms with E-state index in [9.17, 15) is 9.59 Å². The number of hydrogen-bond donors (Lipinski definition) is 1. The van der Waals surface area contributed by atoms with Crippen molar-refractivity contribution in [2.24, 2.45) is 11.8 Å². The monoisotopic (exact) mass is 343 g/mol. The second-order valence-electron chi connectivity index (χ2n) is 7.42. The van der Waals surface area contributed by atoms with Gasteiger partial charge in [-0.25, -0.2) is 0 Å². The van der Waals surface area contributed by atoms with Gasteiger partial charge in [0.05, 0.1) is 0 Å². The topological polar surface area (TPSA) is 52.7 Å². The number of hydrogen-bond acceptors (Lipinski definition) is 3. The third-order valence-corrected chi connectivity index (χ3v) is 5.61. The minimum atomic E-state index is 0.114. The summed E-state index contributed by atoms with van der Waals surface area (Å²) in [6.07, 6.45) is 3.38. The van der Waals surface area contributed by atoms with E-state index >= 15 is 0 Å². The molecule has 0 spiro atoms. The number of anilines is 1. The largest absolute Gasteiger partial charge is 0.371 e. The molecule has 0 aromatic heterocycles. The van der Waals surface area contributed by atoms with E-state index in [0.717, 1.165) is 32.4 Å². The lowest BCUT2D eigenvalue weighted by molar-refractivity contribution is -0.132. The number of benzene rings is 1. The molecule has 1 saturated carbocycles. The van der Waals surface area contributed by atoms with Crippen LogP contribution >= 0.6 is 0 Å². The fourth-order valence-corrected chi connectivity index (χ4v) is 3.65. The maximum Gasteiger partial charge on any atom is 0.224 e. The Labute approximate surface area is 150 Å². The van der Waals surface area contributed by atoms with Gasteiger partial charge in [-0.1, -0.05) is 25.1 Å². The molecule has 0 unspecified atom stereocenters. The highest BCUT2D eigenvalue weighted by Gasteiger charge is 2.38. The van der Waals surface area contributed by atoms with Gasteiger partial charge in [-0.05, 0) is 37.3 Å². The lowest BCUT2D eigenvalue weighted by atomic mass is 10.0. The molecule has 1 saturated heterocycles. The number of rotatable bonds is 6. The third-order valence-electron chi connectivity index (χ3n) is 5.61. The molecule has 5 heteroatoms. The minimum Gasteiger partial charge on any atom is -0.371 e. The van der Waals surface area contributed by atoms with Gasteiger partial charge >= 0.3 is 0 Å². The van der Waals surface area contributed by atoms with Crippen molar-refractivity contribution >= 4 is 17.5 Å². The quantitative estimate of drug-likeness (QED) is 0.862. The van der Waals surface area contributed by atoms with Crippen molar-refractivity contribution in [1.29, 1.82) is 0 Å². The number of nitrogens with zero attached hydrogens (tertiary/aromatic N) is 2. The molecule has 0 bridgehead atoms. The summed E-state index contributed by atoms with van der Waals surface area (Å²) in [6, 6.07) is 10.9. The van der Waals surface area contributed by atoms with Gasteiger partial charge in [-0.3, -0.25) is 9.59 Å². The first-order valence-corrected chi connectivity index (χ1v) is 9.39. The van der Waals surface area contributed by atoms with Crippen LogP contribution in [0.15, 0.2) is 30.3 Å². The molecule has 0 radical (unpaired) electrons. The first-order valence-electron chi connectivity index (χ1n) is 9.39. The Hall–Kier alpha value is -2.04. The Morgan fingerprint density at radius 3 is 2.44 bits per heavy atom. The summed E-state index contributed by atoms with van der Waals surface area (Å²) < 4.78 is 0. The normalized spacial score (nSPS) is 23.2.